The Morgan fingerprint density at radius 3 is 2.64 bits per heavy atom. The van der Waals surface area contributed by atoms with Gasteiger partial charge in [-0.2, -0.15) is 5.10 Å². The summed E-state index contributed by atoms with van der Waals surface area (Å²) in [4.78, 5) is 14.8. The van der Waals surface area contributed by atoms with E-state index in [-0.39, 0.29) is 23.5 Å². The third kappa shape index (κ3) is 6.10. The molecule has 206 valence electrons. The highest BCUT2D eigenvalue weighted by molar-refractivity contribution is 6.08. The summed E-state index contributed by atoms with van der Waals surface area (Å²) in [7, 11) is 1.65. The second kappa shape index (κ2) is 10.8. The highest BCUT2D eigenvalue weighted by atomic mass is 16.5. The minimum Gasteiger partial charge on any atom is -0.497 e. The number of carbonyl (C=O) groups is 1. The first-order valence-corrected chi connectivity index (χ1v) is 13.7. The van der Waals surface area contributed by atoms with E-state index in [0.717, 1.165) is 46.6 Å². The number of likely N-dealkylation sites (tertiary alicyclic amines) is 1. The Balaban J connectivity index is 1.38. The molecule has 2 aliphatic rings. The van der Waals surface area contributed by atoms with Gasteiger partial charge in [0.25, 0.3) is 0 Å². The molecule has 8 heteroatoms. The van der Waals surface area contributed by atoms with Crippen molar-refractivity contribution in [2.24, 2.45) is 5.92 Å². The van der Waals surface area contributed by atoms with Gasteiger partial charge in [-0.25, -0.2) is 4.52 Å². The van der Waals surface area contributed by atoms with Crippen molar-refractivity contribution in [3.05, 3.63) is 65.6 Å². The number of nitrogens with one attached hydrogen (secondary N) is 2. The number of aromatic nitrogens is 2. The Morgan fingerprint density at radius 2 is 2.00 bits per heavy atom. The van der Waals surface area contributed by atoms with Gasteiger partial charge < -0.3 is 25.1 Å². The van der Waals surface area contributed by atoms with E-state index in [9.17, 15) is 4.79 Å². The number of amides is 1. The number of hydrogen-bond acceptors (Lipinski definition) is 6. The molecule has 0 spiro atoms. The molecule has 3 aromatic rings. The lowest BCUT2D eigenvalue weighted by atomic mass is 10.0. The number of ether oxygens (including phenoxy) is 2. The van der Waals surface area contributed by atoms with Crippen LogP contribution in [0.4, 0.5) is 0 Å². The van der Waals surface area contributed by atoms with Crippen molar-refractivity contribution in [1.29, 1.82) is 5.41 Å². The van der Waals surface area contributed by atoms with E-state index in [1.54, 1.807) is 7.11 Å². The highest BCUT2D eigenvalue weighted by Gasteiger charge is 2.35. The van der Waals surface area contributed by atoms with Crippen molar-refractivity contribution in [3.8, 4) is 11.5 Å². The fourth-order valence-electron chi connectivity index (χ4n) is 5.07. The minimum absolute atomic E-state index is 0.0760. The molecule has 1 saturated heterocycles. The summed E-state index contributed by atoms with van der Waals surface area (Å²) in [6.45, 7) is 9.54. The van der Waals surface area contributed by atoms with Crippen LogP contribution in [-0.2, 0) is 11.3 Å². The Kier molecular flexibility index (Phi) is 7.38. The lowest BCUT2D eigenvalue weighted by molar-refractivity contribution is -0.128. The summed E-state index contributed by atoms with van der Waals surface area (Å²) in [5.41, 5.74) is 4.75. The molecule has 8 nitrogen and oxygen atoms in total. The smallest absolute Gasteiger partial charge is 0.223 e. The number of hydrogen-bond donors (Lipinski definition) is 2. The highest BCUT2D eigenvalue weighted by Crippen LogP contribution is 2.44. The Bertz CT molecular complexity index is 1380. The van der Waals surface area contributed by atoms with Gasteiger partial charge >= 0.3 is 0 Å². The predicted molar refractivity (Wildman–Crippen MR) is 153 cm³/mol. The average molecular weight is 530 g/mol. The molecular weight excluding hydrogens is 490 g/mol. The third-order valence-corrected chi connectivity index (χ3v) is 7.53. The van der Waals surface area contributed by atoms with Gasteiger partial charge in [-0.15, -0.1) is 0 Å². The van der Waals surface area contributed by atoms with E-state index in [2.05, 4.69) is 38.1 Å². The fraction of sp³-hybridized carbons (Fsp3) is 0.452. The summed E-state index contributed by atoms with van der Waals surface area (Å²) in [6.07, 6.45) is 9.76. The van der Waals surface area contributed by atoms with Crippen LogP contribution in [0.1, 0.15) is 69.6 Å². The first kappa shape index (κ1) is 26.8. The molecule has 3 heterocycles. The summed E-state index contributed by atoms with van der Waals surface area (Å²) in [5.74, 6) is 2.30. The van der Waals surface area contributed by atoms with Gasteiger partial charge in [-0.05, 0) is 70.2 Å². The zero-order valence-electron chi connectivity index (χ0n) is 23.5. The Labute approximate surface area is 230 Å². The first-order chi connectivity index (χ1) is 18.6. The molecule has 1 saturated carbocycles. The van der Waals surface area contributed by atoms with Crippen molar-refractivity contribution in [2.45, 2.75) is 71.1 Å². The summed E-state index contributed by atoms with van der Waals surface area (Å²) < 4.78 is 13.8. The Hall–Kier alpha value is -3.81. The molecule has 2 unspecified atom stereocenters. The number of carbonyl (C=O) groups excluding carboxylic acids is 1. The zero-order chi connectivity index (χ0) is 27.7. The van der Waals surface area contributed by atoms with Gasteiger partial charge in [0.2, 0.25) is 5.91 Å². The average Bonchev–Trinajstić information content (AvgIpc) is 3.55. The number of fused-ring (bicyclic) bond motifs is 1. The fourth-order valence-corrected chi connectivity index (χ4v) is 5.07. The molecule has 1 aromatic carbocycles. The topological polar surface area (TPSA) is 92.0 Å². The van der Waals surface area contributed by atoms with Crippen molar-refractivity contribution < 1.29 is 14.3 Å². The van der Waals surface area contributed by atoms with Gasteiger partial charge in [0, 0.05) is 66.3 Å². The monoisotopic (exact) mass is 529 g/mol. The van der Waals surface area contributed by atoms with E-state index in [4.69, 9.17) is 14.9 Å². The van der Waals surface area contributed by atoms with Crippen LogP contribution in [0.25, 0.3) is 11.1 Å². The van der Waals surface area contributed by atoms with Crippen LogP contribution in [-0.4, -0.2) is 51.9 Å². The normalized spacial score (nSPS) is 18.9. The summed E-state index contributed by atoms with van der Waals surface area (Å²) >= 11 is 0. The largest absolute Gasteiger partial charge is 0.497 e. The minimum atomic E-state index is -0.170. The maximum Gasteiger partial charge on any atom is 0.223 e. The van der Waals surface area contributed by atoms with Crippen LogP contribution in [0.3, 0.4) is 0 Å². The van der Waals surface area contributed by atoms with Crippen molar-refractivity contribution in [1.82, 2.24) is 19.8 Å². The molecule has 5 rings (SSSR count). The maximum absolute atomic E-state index is 12.9. The van der Waals surface area contributed by atoms with Crippen LogP contribution in [0.15, 0.2) is 48.9 Å². The second-order valence-corrected chi connectivity index (χ2v) is 11.8. The van der Waals surface area contributed by atoms with E-state index in [1.165, 1.54) is 11.8 Å². The Morgan fingerprint density at radius 1 is 1.26 bits per heavy atom. The molecule has 1 aliphatic carbocycles. The summed E-state index contributed by atoms with van der Waals surface area (Å²) in [5, 5.41) is 16.1. The number of allylic oxidation sites excluding steroid dienone is 1. The molecule has 1 aliphatic heterocycles. The van der Waals surface area contributed by atoms with Gasteiger partial charge in [0.1, 0.15) is 23.1 Å². The van der Waals surface area contributed by atoms with Crippen molar-refractivity contribution >= 4 is 23.2 Å². The molecule has 2 atom stereocenters. The van der Waals surface area contributed by atoms with Crippen LogP contribution >= 0.6 is 0 Å². The van der Waals surface area contributed by atoms with Crippen LogP contribution in [0.2, 0.25) is 0 Å². The zero-order valence-corrected chi connectivity index (χ0v) is 23.5. The number of rotatable bonds is 10. The molecule has 2 N–H and O–H groups in total. The van der Waals surface area contributed by atoms with E-state index < -0.39 is 0 Å². The standard InChI is InChI=1S/C31H39N5O3/c1-20(23-13-29(37)35(18-23)17-21-6-10-26(38-5)11-7-21)39-28-12-24(25(14-32)15-33-31(2,3)4)19-36-30(28)27(16-34-36)22-8-9-22/h6-7,10-12,14-16,19-20,22-23,32-33H,8-9,13,17-18H2,1-5H3/b25-15+,32-14?. The molecule has 0 bridgehead atoms. The SMILES string of the molecule is COc1ccc(CN2CC(C(C)Oc3cc(/C(C=N)=C/NC(C)(C)C)cn4ncc(C5CC5)c34)CC2=O)cc1. The molecule has 39 heavy (non-hydrogen) atoms. The third-order valence-electron chi connectivity index (χ3n) is 7.53. The lowest BCUT2D eigenvalue weighted by Crippen LogP contribution is -2.31. The molecule has 2 aromatic heterocycles. The molecule has 0 radical (unpaired) electrons. The van der Waals surface area contributed by atoms with Gasteiger partial charge in [0.05, 0.1) is 13.3 Å². The predicted octanol–water partition coefficient (Wildman–Crippen LogP) is 5.41. The second-order valence-electron chi connectivity index (χ2n) is 11.8. The van der Waals surface area contributed by atoms with Crippen molar-refractivity contribution in [3.63, 3.8) is 0 Å². The van der Waals surface area contributed by atoms with Crippen LogP contribution in [0, 0.1) is 11.3 Å². The molecule has 2 fully saturated rings. The van der Waals surface area contributed by atoms with Crippen molar-refractivity contribution in [2.75, 3.05) is 13.7 Å². The quantitative estimate of drug-likeness (QED) is 0.343. The van der Waals surface area contributed by atoms with Gasteiger partial charge in [-0.1, -0.05) is 12.1 Å². The van der Waals surface area contributed by atoms with E-state index in [0.29, 0.717) is 25.4 Å². The van der Waals surface area contributed by atoms with E-state index >= 15 is 0 Å². The number of nitrogens with zero attached hydrogens (tertiary/aromatic N) is 3. The summed E-state index contributed by atoms with van der Waals surface area (Å²) in [6, 6.07) is 9.88. The molecular formula is C31H39N5O3. The first-order valence-electron chi connectivity index (χ1n) is 13.7. The molecule has 1 amide bonds. The lowest BCUT2D eigenvalue weighted by Gasteiger charge is -2.23. The van der Waals surface area contributed by atoms with E-state index in [1.807, 2.05) is 58.3 Å². The van der Waals surface area contributed by atoms with Crippen LogP contribution in [0.5, 0.6) is 11.5 Å². The maximum atomic E-state index is 12.9. The number of benzene rings is 1. The van der Waals surface area contributed by atoms with Gasteiger partial charge in [-0.3, -0.25) is 4.79 Å². The number of methoxy groups -OCH3 is 1. The van der Waals surface area contributed by atoms with Crippen LogP contribution < -0.4 is 14.8 Å². The van der Waals surface area contributed by atoms with Gasteiger partial charge in [0.15, 0.2) is 0 Å². The number of pyridine rings is 1.